The zero-order valence-corrected chi connectivity index (χ0v) is 15.7. The molecule has 7 nitrogen and oxygen atoms in total. The molecule has 0 radical (unpaired) electrons. The van der Waals surface area contributed by atoms with Gasteiger partial charge in [-0.15, -0.1) is 10.2 Å². The summed E-state index contributed by atoms with van der Waals surface area (Å²) < 4.78 is 28.7. The predicted octanol–water partition coefficient (Wildman–Crippen LogP) is 2.46. The molecule has 3 heterocycles. The molecule has 0 fully saturated rings. The molecule has 2 aromatic heterocycles. The number of aromatic nitrogens is 4. The second kappa shape index (κ2) is 7.05. The first-order valence-corrected chi connectivity index (χ1v) is 10.1. The summed E-state index contributed by atoms with van der Waals surface area (Å²) in [5.74, 6) is 1.35. The van der Waals surface area contributed by atoms with Crippen LogP contribution in [-0.4, -0.2) is 39.0 Å². The molecule has 0 N–H and O–H groups in total. The highest BCUT2D eigenvalue weighted by molar-refractivity contribution is 7.92. The van der Waals surface area contributed by atoms with Crippen molar-refractivity contribution < 1.29 is 8.42 Å². The van der Waals surface area contributed by atoms with Crippen molar-refractivity contribution in [3.05, 3.63) is 71.2 Å². The van der Waals surface area contributed by atoms with E-state index in [1.807, 2.05) is 47.9 Å². The molecule has 0 atom stereocenters. The maximum absolute atomic E-state index is 12.7. The summed E-state index contributed by atoms with van der Waals surface area (Å²) in [5, 5.41) is 9.66. The molecule has 0 saturated carbocycles. The Bertz CT molecular complexity index is 1070. The normalized spacial score (nSPS) is 15.1. The lowest BCUT2D eigenvalue weighted by Gasteiger charge is -2.25. The van der Waals surface area contributed by atoms with Crippen LogP contribution in [0.5, 0.6) is 0 Å². The molecule has 0 bridgehead atoms. The summed E-state index contributed by atoms with van der Waals surface area (Å²) in [6, 6.07) is 11.5. The lowest BCUT2D eigenvalue weighted by atomic mass is 10.2. The van der Waals surface area contributed by atoms with Gasteiger partial charge >= 0.3 is 0 Å². The lowest BCUT2D eigenvalue weighted by molar-refractivity contribution is 0.340. The first-order valence-electron chi connectivity index (χ1n) is 8.60. The maximum atomic E-state index is 12.7. The van der Waals surface area contributed by atoms with Gasteiger partial charge in [0, 0.05) is 36.5 Å². The highest BCUT2D eigenvalue weighted by Crippen LogP contribution is 2.22. The number of nitrogens with zero attached hydrogens (tertiary/aromatic N) is 5. The highest BCUT2D eigenvalue weighted by atomic mass is 32.2. The average Bonchev–Trinajstić information content (AvgIpc) is 3.11. The van der Waals surface area contributed by atoms with Crippen LogP contribution >= 0.6 is 0 Å². The number of pyridine rings is 1. The van der Waals surface area contributed by atoms with Gasteiger partial charge < -0.3 is 4.57 Å². The minimum atomic E-state index is -3.53. The first-order chi connectivity index (χ1) is 13.0. The summed E-state index contributed by atoms with van der Waals surface area (Å²) in [6.07, 6.45) is 5.05. The van der Waals surface area contributed by atoms with Gasteiger partial charge in [-0.05, 0) is 30.7 Å². The van der Waals surface area contributed by atoms with E-state index in [0.29, 0.717) is 24.7 Å². The fourth-order valence-electron chi connectivity index (χ4n) is 2.99. The van der Waals surface area contributed by atoms with Crippen LogP contribution in [0.4, 0.5) is 0 Å². The smallest absolute Gasteiger partial charge is 0.236 e. The molecule has 1 aliphatic rings. The summed E-state index contributed by atoms with van der Waals surface area (Å²) in [5.41, 5.74) is 2.85. The van der Waals surface area contributed by atoms with Crippen LogP contribution < -0.4 is 0 Å². The molecule has 0 amide bonds. The Hall–Kier alpha value is -2.84. The topological polar surface area (TPSA) is 81.0 Å². The van der Waals surface area contributed by atoms with Gasteiger partial charge in [0.15, 0.2) is 5.82 Å². The van der Waals surface area contributed by atoms with E-state index in [-0.39, 0.29) is 6.54 Å². The van der Waals surface area contributed by atoms with Gasteiger partial charge in [0.05, 0.1) is 6.54 Å². The van der Waals surface area contributed by atoms with Crippen LogP contribution in [0.2, 0.25) is 0 Å². The van der Waals surface area contributed by atoms with Gasteiger partial charge in [-0.25, -0.2) is 8.42 Å². The number of hydrogen-bond acceptors (Lipinski definition) is 5. The predicted molar refractivity (Wildman–Crippen MR) is 103 cm³/mol. The van der Waals surface area contributed by atoms with Gasteiger partial charge in [-0.1, -0.05) is 29.8 Å². The van der Waals surface area contributed by atoms with E-state index < -0.39 is 10.0 Å². The third-order valence-corrected chi connectivity index (χ3v) is 6.02. The fourth-order valence-corrected chi connectivity index (χ4v) is 4.12. The summed E-state index contributed by atoms with van der Waals surface area (Å²) in [6.45, 7) is 3.07. The average molecular weight is 381 g/mol. The Morgan fingerprint density at radius 2 is 1.89 bits per heavy atom. The van der Waals surface area contributed by atoms with Crippen molar-refractivity contribution in [2.75, 3.05) is 6.54 Å². The van der Waals surface area contributed by atoms with E-state index in [1.165, 1.54) is 9.71 Å². The Balaban J connectivity index is 1.54. The lowest BCUT2D eigenvalue weighted by Crippen LogP contribution is -2.37. The van der Waals surface area contributed by atoms with Crippen LogP contribution in [0.3, 0.4) is 0 Å². The second-order valence-electron chi connectivity index (χ2n) is 6.43. The van der Waals surface area contributed by atoms with E-state index in [1.54, 1.807) is 18.5 Å². The molecule has 1 aliphatic heterocycles. The van der Waals surface area contributed by atoms with Crippen molar-refractivity contribution in [1.29, 1.82) is 0 Å². The van der Waals surface area contributed by atoms with E-state index in [4.69, 9.17) is 0 Å². The van der Waals surface area contributed by atoms with Crippen molar-refractivity contribution in [3.8, 4) is 11.4 Å². The molecular weight excluding hydrogens is 362 g/mol. The summed E-state index contributed by atoms with van der Waals surface area (Å²) in [7, 11) is -3.53. The van der Waals surface area contributed by atoms with Crippen molar-refractivity contribution in [1.82, 2.24) is 24.1 Å². The van der Waals surface area contributed by atoms with Gasteiger partial charge in [-0.3, -0.25) is 4.98 Å². The number of aryl methyl sites for hydroxylation is 1. The zero-order valence-electron chi connectivity index (χ0n) is 14.9. The Morgan fingerprint density at radius 1 is 1.07 bits per heavy atom. The van der Waals surface area contributed by atoms with Crippen LogP contribution in [0, 0.1) is 6.92 Å². The Morgan fingerprint density at radius 3 is 2.63 bits per heavy atom. The minimum absolute atomic E-state index is 0.202. The molecule has 27 heavy (non-hydrogen) atoms. The monoisotopic (exact) mass is 381 g/mol. The third kappa shape index (κ3) is 3.67. The molecule has 8 heteroatoms. The number of fused-ring (bicyclic) bond motifs is 1. The van der Waals surface area contributed by atoms with Crippen molar-refractivity contribution in [3.63, 3.8) is 0 Å². The quantitative estimate of drug-likeness (QED) is 0.693. The Labute approximate surface area is 158 Å². The van der Waals surface area contributed by atoms with E-state index in [0.717, 1.165) is 16.7 Å². The number of hydrogen-bond donors (Lipinski definition) is 0. The SMILES string of the molecule is Cc1ccc(/C=C/S(=O)(=O)N2CCn3c(nnc3-c3cccnc3)C2)cc1. The summed E-state index contributed by atoms with van der Waals surface area (Å²) >= 11 is 0. The molecule has 3 aromatic rings. The largest absolute Gasteiger partial charge is 0.308 e. The van der Waals surface area contributed by atoms with Crippen molar-refractivity contribution >= 4 is 16.1 Å². The van der Waals surface area contributed by atoms with Crippen LogP contribution in [0.25, 0.3) is 17.5 Å². The molecule has 0 aliphatic carbocycles. The first kappa shape index (κ1) is 17.6. The standard InChI is InChI=1S/C19H19N5O2S/c1-15-4-6-16(7-5-15)8-12-27(25,26)23-10-11-24-18(14-23)21-22-19(24)17-3-2-9-20-13-17/h2-9,12-13H,10-11,14H2,1H3/b12-8+. The van der Waals surface area contributed by atoms with Crippen LogP contribution in [-0.2, 0) is 23.1 Å². The van der Waals surface area contributed by atoms with Crippen molar-refractivity contribution in [2.45, 2.75) is 20.0 Å². The molecule has 0 unspecified atom stereocenters. The highest BCUT2D eigenvalue weighted by Gasteiger charge is 2.28. The molecule has 0 spiro atoms. The van der Waals surface area contributed by atoms with E-state index in [2.05, 4.69) is 15.2 Å². The van der Waals surface area contributed by atoms with Crippen LogP contribution in [0.15, 0.2) is 54.2 Å². The second-order valence-corrected chi connectivity index (χ2v) is 8.24. The molecular formula is C19H19N5O2S. The zero-order chi connectivity index (χ0) is 18.9. The van der Waals surface area contributed by atoms with E-state index >= 15 is 0 Å². The fraction of sp³-hybridized carbons (Fsp3) is 0.211. The molecule has 1 aromatic carbocycles. The number of sulfonamides is 1. The van der Waals surface area contributed by atoms with Gasteiger partial charge in [0.1, 0.15) is 5.82 Å². The van der Waals surface area contributed by atoms with Gasteiger partial charge in [0.2, 0.25) is 10.0 Å². The van der Waals surface area contributed by atoms with Gasteiger partial charge in [0.25, 0.3) is 0 Å². The molecule has 0 saturated heterocycles. The Kier molecular flexibility index (Phi) is 4.59. The maximum Gasteiger partial charge on any atom is 0.236 e. The minimum Gasteiger partial charge on any atom is -0.308 e. The number of benzene rings is 1. The van der Waals surface area contributed by atoms with Gasteiger partial charge in [-0.2, -0.15) is 4.31 Å². The van der Waals surface area contributed by atoms with Crippen molar-refractivity contribution in [2.24, 2.45) is 0 Å². The molecule has 138 valence electrons. The third-order valence-electron chi connectivity index (χ3n) is 4.51. The molecule has 4 rings (SSSR count). The van der Waals surface area contributed by atoms with Crippen LogP contribution in [0.1, 0.15) is 17.0 Å². The van der Waals surface area contributed by atoms with E-state index in [9.17, 15) is 8.42 Å². The number of rotatable bonds is 4. The summed E-state index contributed by atoms with van der Waals surface area (Å²) in [4.78, 5) is 4.11.